The number of halogens is 1. The fraction of sp³-hybridized carbons (Fsp3) is 0.200. The zero-order valence-electron chi connectivity index (χ0n) is 22.1. The van der Waals surface area contributed by atoms with Crippen LogP contribution in [-0.4, -0.2) is 39.5 Å². The Bertz CT molecular complexity index is 1810. The number of thiazole rings is 1. The average Bonchev–Trinajstić information content (AvgIpc) is 3.53. The first-order valence-corrected chi connectivity index (χ1v) is 13.9. The van der Waals surface area contributed by atoms with Crippen molar-refractivity contribution in [3.05, 3.63) is 114 Å². The van der Waals surface area contributed by atoms with Gasteiger partial charge in [-0.3, -0.25) is 14.2 Å². The summed E-state index contributed by atoms with van der Waals surface area (Å²) in [6, 6.07) is 16.3. The van der Waals surface area contributed by atoms with Gasteiger partial charge in [0.05, 0.1) is 27.4 Å². The molecule has 0 spiro atoms. The van der Waals surface area contributed by atoms with Crippen LogP contribution in [0.25, 0.3) is 17.4 Å². The summed E-state index contributed by atoms with van der Waals surface area (Å²) >= 11 is 7.38. The number of carbonyl (C=O) groups is 2. The summed E-state index contributed by atoms with van der Waals surface area (Å²) in [7, 11) is 0. The Morgan fingerprint density at radius 2 is 1.75 bits per heavy atom. The summed E-state index contributed by atoms with van der Waals surface area (Å²) in [6.07, 6.45) is 1.66. The summed E-state index contributed by atoms with van der Waals surface area (Å²) in [4.78, 5) is 45.5. The van der Waals surface area contributed by atoms with E-state index in [1.807, 2.05) is 26.0 Å². The van der Waals surface area contributed by atoms with Crippen LogP contribution in [0, 0.1) is 0 Å². The second-order valence-electron chi connectivity index (χ2n) is 9.20. The van der Waals surface area contributed by atoms with Gasteiger partial charge in [0.15, 0.2) is 4.80 Å². The molecule has 0 saturated heterocycles. The minimum atomic E-state index is -1.00. The number of hydrogen-bond donors (Lipinski definition) is 1. The summed E-state index contributed by atoms with van der Waals surface area (Å²) in [6.45, 7) is 6.70. The van der Waals surface area contributed by atoms with E-state index in [0.29, 0.717) is 55.8 Å². The predicted octanol–water partition coefficient (Wildman–Crippen LogP) is 4.72. The molecule has 1 atom stereocenters. The SMILES string of the molecule is CCN(CC)C(=O)C1=C(C)N=c2s/c(=C/c3ccc(-c4ccc(C(=O)O)cc4)o3)c(=O)n2[C@@H]1c1ccc(Cl)cc1. The first-order chi connectivity index (χ1) is 19.2. The molecule has 3 heterocycles. The number of carboxylic acids is 1. The van der Waals surface area contributed by atoms with Gasteiger partial charge in [-0.2, -0.15) is 0 Å². The molecule has 5 rings (SSSR count). The third kappa shape index (κ3) is 5.05. The number of hydrogen-bond acceptors (Lipinski definition) is 6. The fourth-order valence-electron chi connectivity index (χ4n) is 4.73. The highest BCUT2D eigenvalue weighted by Crippen LogP contribution is 2.32. The van der Waals surface area contributed by atoms with Crippen LogP contribution in [-0.2, 0) is 4.79 Å². The van der Waals surface area contributed by atoms with Gasteiger partial charge in [-0.25, -0.2) is 9.79 Å². The van der Waals surface area contributed by atoms with Gasteiger partial charge in [0, 0.05) is 29.8 Å². The third-order valence-electron chi connectivity index (χ3n) is 6.80. The van der Waals surface area contributed by atoms with Gasteiger partial charge in [0.2, 0.25) is 0 Å². The van der Waals surface area contributed by atoms with Gasteiger partial charge in [0.1, 0.15) is 11.5 Å². The van der Waals surface area contributed by atoms with Crippen molar-refractivity contribution >= 4 is 40.9 Å². The van der Waals surface area contributed by atoms with E-state index in [4.69, 9.17) is 21.1 Å². The van der Waals surface area contributed by atoms with Crippen molar-refractivity contribution in [2.45, 2.75) is 26.8 Å². The molecule has 1 aliphatic heterocycles. The predicted molar refractivity (Wildman–Crippen MR) is 154 cm³/mol. The van der Waals surface area contributed by atoms with Crippen molar-refractivity contribution < 1.29 is 19.1 Å². The van der Waals surface area contributed by atoms with Gasteiger partial charge in [0.25, 0.3) is 11.5 Å². The summed E-state index contributed by atoms with van der Waals surface area (Å²) in [5.41, 5.74) is 2.38. The maximum atomic E-state index is 13.8. The highest BCUT2D eigenvalue weighted by atomic mass is 35.5. The lowest BCUT2D eigenvalue weighted by Crippen LogP contribution is -2.43. The zero-order valence-corrected chi connectivity index (χ0v) is 23.6. The molecule has 8 nitrogen and oxygen atoms in total. The monoisotopic (exact) mass is 575 g/mol. The van der Waals surface area contributed by atoms with Crippen LogP contribution in [0.4, 0.5) is 0 Å². The van der Waals surface area contributed by atoms with Crippen LogP contribution in [0.3, 0.4) is 0 Å². The molecule has 1 aliphatic rings. The maximum absolute atomic E-state index is 13.8. The van der Waals surface area contributed by atoms with Crippen LogP contribution in [0.1, 0.15) is 48.5 Å². The minimum absolute atomic E-state index is 0.162. The number of rotatable bonds is 7. The maximum Gasteiger partial charge on any atom is 0.335 e. The smallest absolute Gasteiger partial charge is 0.335 e. The van der Waals surface area contributed by atoms with Crippen molar-refractivity contribution in [1.82, 2.24) is 9.47 Å². The van der Waals surface area contributed by atoms with Crippen LogP contribution >= 0.6 is 22.9 Å². The Kier molecular flexibility index (Phi) is 7.60. The first-order valence-electron chi connectivity index (χ1n) is 12.7. The number of aromatic carboxylic acids is 1. The van der Waals surface area contributed by atoms with E-state index in [1.54, 1.807) is 58.9 Å². The number of furan rings is 1. The van der Waals surface area contributed by atoms with Gasteiger partial charge in [-0.1, -0.05) is 47.2 Å². The van der Waals surface area contributed by atoms with Gasteiger partial charge in [-0.05, 0) is 62.7 Å². The number of nitrogens with zero attached hydrogens (tertiary/aromatic N) is 3. The Labute approximate surface area is 238 Å². The molecule has 2 aromatic carbocycles. The number of likely N-dealkylation sites (N-methyl/N-ethyl adjacent to an activating group) is 1. The Balaban J connectivity index is 1.60. The van der Waals surface area contributed by atoms with Crippen LogP contribution < -0.4 is 14.9 Å². The van der Waals surface area contributed by atoms with Gasteiger partial charge in [-0.15, -0.1) is 0 Å². The molecule has 0 aliphatic carbocycles. The minimum Gasteiger partial charge on any atom is -0.478 e. The molecular formula is C30H26ClN3O5S. The number of amides is 1. The molecule has 2 aromatic heterocycles. The first kappa shape index (κ1) is 27.4. The number of benzene rings is 2. The van der Waals surface area contributed by atoms with Crippen molar-refractivity contribution in [3.8, 4) is 11.3 Å². The molecule has 0 bridgehead atoms. The van der Waals surface area contributed by atoms with Crippen molar-refractivity contribution in [1.29, 1.82) is 0 Å². The number of carboxylic acid groups (broad SMARTS) is 1. The second kappa shape index (κ2) is 11.1. The van der Waals surface area contributed by atoms with Crippen LogP contribution in [0.5, 0.6) is 0 Å². The highest BCUT2D eigenvalue weighted by molar-refractivity contribution is 7.07. The Hall–Kier alpha value is -4.21. The largest absolute Gasteiger partial charge is 0.478 e. The molecular weight excluding hydrogens is 550 g/mol. The topological polar surface area (TPSA) is 105 Å². The molecule has 0 fully saturated rings. The number of allylic oxidation sites excluding steroid dienone is 1. The second-order valence-corrected chi connectivity index (χ2v) is 10.6. The molecule has 0 unspecified atom stereocenters. The quantitative estimate of drug-likeness (QED) is 0.343. The molecule has 1 amide bonds. The highest BCUT2D eigenvalue weighted by Gasteiger charge is 2.34. The average molecular weight is 576 g/mol. The molecule has 204 valence electrons. The van der Waals surface area contributed by atoms with E-state index in [0.717, 1.165) is 5.56 Å². The van der Waals surface area contributed by atoms with Gasteiger partial charge >= 0.3 is 5.97 Å². The zero-order chi connectivity index (χ0) is 28.6. The van der Waals surface area contributed by atoms with E-state index in [9.17, 15) is 14.4 Å². The van der Waals surface area contributed by atoms with E-state index >= 15 is 0 Å². The van der Waals surface area contributed by atoms with Gasteiger partial charge < -0.3 is 14.4 Å². The molecule has 4 aromatic rings. The van der Waals surface area contributed by atoms with E-state index < -0.39 is 12.0 Å². The molecule has 1 N–H and O–H groups in total. The lowest BCUT2D eigenvalue weighted by atomic mass is 9.94. The van der Waals surface area contributed by atoms with E-state index in [1.165, 1.54) is 23.5 Å². The van der Waals surface area contributed by atoms with Crippen LogP contribution in [0.2, 0.25) is 5.02 Å². The number of carbonyl (C=O) groups excluding carboxylic acids is 1. The number of fused-ring (bicyclic) bond motifs is 1. The standard InChI is InChI=1S/C30H26ClN3O5S/c1-4-33(5-2)28(36)25-17(3)32-30-34(26(25)19-10-12-21(31)13-11-19)27(35)24(40-30)16-22-14-15-23(39-22)18-6-8-20(9-7-18)29(37)38/h6-16,26H,4-5H2,1-3H3,(H,37,38)/b24-16+/t26-/m1/s1. The molecule has 40 heavy (non-hydrogen) atoms. The molecule has 0 radical (unpaired) electrons. The normalized spacial score (nSPS) is 15.1. The summed E-state index contributed by atoms with van der Waals surface area (Å²) in [5, 5.41) is 9.69. The Morgan fingerprint density at radius 1 is 1.07 bits per heavy atom. The van der Waals surface area contributed by atoms with E-state index in [-0.39, 0.29) is 17.0 Å². The van der Waals surface area contributed by atoms with E-state index in [2.05, 4.69) is 4.99 Å². The van der Waals surface area contributed by atoms with Crippen LogP contribution in [0.15, 0.2) is 86.1 Å². The Morgan fingerprint density at radius 3 is 2.38 bits per heavy atom. The fourth-order valence-corrected chi connectivity index (χ4v) is 5.88. The lowest BCUT2D eigenvalue weighted by molar-refractivity contribution is -0.127. The number of aromatic nitrogens is 1. The molecule has 0 saturated carbocycles. The molecule has 10 heteroatoms. The summed E-state index contributed by atoms with van der Waals surface area (Å²) < 4.78 is 7.94. The van der Waals surface area contributed by atoms with Crippen molar-refractivity contribution in [2.75, 3.05) is 13.1 Å². The van der Waals surface area contributed by atoms with Crippen molar-refractivity contribution in [3.63, 3.8) is 0 Å². The van der Waals surface area contributed by atoms with Crippen molar-refractivity contribution in [2.24, 2.45) is 4.99 Å². The lowest BCUT2D eigenvalue weighted by Gasteiger charge is -2.29. The summed E-state index contributed by atoms with van der Waals surface area (Å²) in [5.74, 6) is -0.167. The third-order valence-corrected chi connectivity index (χ3v) is 8.04.